The molecule has 0 spiro atoms. The Labute approximate surface area is 119 Å². The van der Waals surface area contributed by atoms with Gasteiger partial charge < -0.3 is 0 Å². The lowest BCUT2D eigenvalue weighted by Gasteiger charge is -2.09. The standard InChI is InChI=1S/C15H13BrOS/c16-15-8-6-11(18-15)9-14(17)13-7-5-10-3-1-2-4-12(10)13/h1-4,6,8,13H,5,7,9H2. The number of benzene rings is 1. The third-order valence-corrected chi connectivity index (χ3v) is 5.12. The fraction of sp³-hybridized carbons (Fsp3) is 0.267. The molecule has 92 valence electrons. The number of rotatable bonds is 3. The minimum atomic E-state index is 0.113. The molecule has 1 aliphatic rings. The minimum Gasteiger partial charge on any atom is -0.299 e. The first kappa shape index (κ1) is 12.1. The second kappa shape index (κ2) is 4.98. The van der Waals surface area contributed by atoms with Gasteiger partial charge in [0.1, 0.15) is 5.78 Å². The summed E-state index contributed by atoms with van der Waals surface area (Å²) < 4.78 is 1.09. The molecule has 1 nitrogen and oxygen atoms in total. The van der Waals surface area contributed by atoms with Gasteiger partial charge in [0.05, 0.1) is 3.79 Å². The summed E-state index contributed by atoms with van der Waals surface area (Å²) in [7, 11) is 0. The normalized spacial score (nSPS) is 17.7. The summed E-state index contributed by atoms with van der Waals surface area (Å²) in [4.78, 5) is 13.5. The molecule has 1 aromatic carbocycles. The van der Waals surface area contributed by atoms with Crippen molar-refractivity contribution in [3.8, 4) is 0 Å². The monoisotopic (exact) mass is 320 g/mol. The number of hydrogen-bond donors (Lipinski definition) is 0. The van der Waals surface area contributed by atoms with Crippen LogP contribution in [0.1, 0.15) is 28.3 Å². The van der Waals surface area contributed by atoms with Crippen molar-refractivity contribution in [2.24, 2.45) is 0 Å². The van der Waals surface area contributed by atoms with Crippen LogP contribution in [-0.2, 0) is 17.6 Å². The highest BCUT2D eigenvalue weighted by molar-refractivity contribution is 9.11. The maximum atomic E-state index is 12.4. The molecule has 0 radical (unpaired) electrons. The highest BCUT2D eigenvalue weighted by Gasteiger charge is 2.27. The van der Waals surface area contributed by atoms with Crippen LogP contribution in [0.2, 0.25) is 0 Å². The maximum absolute atomic E-state index is 12.4. The largest absolute Gasteiger partial charge is 0.299 e. The van der Waals surface area contributed by atoms with Crippen LogP contribution in [0, 0.1) is 0 Å². The summed E-state index contributed by atoms with van der Waals surface area (Å²) in [5.74, 6) is 0.469. The molecule has 1 unspecified atom stereocenters. The van der Waals surface area contributed by atoms with Gasteiger partial charge in [-0.15, -0.1) is 11.3 Å². The Morgan fingerprint density at radius 2 is 2.11 bits per heavy atom. The number of carbonyl (C=O) groups excluding carboxylic acids is 1. The van der Waals surface area contributed by atoms with E-state index in [0.717, 1.165) is 21.5 Å². The third-order valence-electron chi connectivity index (χ3n) is 3.50. The molecule has 2 aromatic rings. The summed E-state index contributed by atoms with van der Waals surface area (Å²) >= 11 is 5.09. The molecule has 0 aliphatic heterocycles. The van der Waals surface area contributed by atoms with E-state index >= 15 is 0 Å². The van der Waals surface area contributed by atoms with Crippen LogP contribution in [-0.4, -0.2) is 5.78 Å². The lowest BCUT2D eigenvalue weighted by molar-refractivity contribution is -0.119. The molecule has 0 fully saturated rings. The Morgan fingerprint density at radius 3 is 2.89 bits per heavy atom. The average Bonchev–Trinajstić information content (AvgIpc) is 2.95. The lowest BCUT2D eigenvalue weighted by atomic mass is 9.94. The van der Waals surface area contributed by atoms with Gasteiger partial charge in [0.2, 0.25) is 0 Å². The van der Waals surface area contributed by atoms with Crippen molar-refractivity contribution in [1.29, 1.82) is 0 Å². The van der Waals surface area contributed by atoms with Gasteiger partial charge in [0.25, 0.3) is 0 Å². The number of thiophene rings is 1. The van der Waals surface area contributed by atoms with Crippen molar-refractivity contribution in [3.05, 3.63) is 56.2 Å². The van der Waals surface area contributed by atoms with Crippen molar-refractivity contribution in [3.63, 3.8) is 0 Å². The van der Waals surface area contributed by atoms with Gasteiger partial charge in [-0.3, -0.25) is 4.79 Å². The molecule has 3 rings (SSSR count). The molecule has 0 saturated carbocycles. The molecule has 0 bridgehead atoms. The predicted octanol–water partition coefficient (Wildman–Crippen LogP) is 4.35. The average molecular weight is 321 g/mol. The highest BCUT2D eigenvalue weighted by Crippen LogP contribution is 2.35. The molecule has 0 N–H and O–H groups in total. The van der Waals surface area contributed by atoms with Crippen molar-refractivity contribution in [2.45, 2.75) is 25.2 Å². The smallest absolute Gasteiger partial charge is 0.145 e. The van der Waals surface area contributed by atoms with E-state index in [1.54, 1.807) is 11.3 Å². The van der Waals surface area contributed by atoms with E-state index in [2.05, 4.69) is 34.1 Å². The number of ketones is 1. The third kappa shape index (κ3) is 2.29. The lowest BCUT2D eigenvalue weighted by Crippen LogP contribution is -2.11. The van der Waals surface area contributed by atoms with Crippen LogP contribution in [0.4, 0.5) is 0 Å². The number of hydrogen-bond acceptors (Lipinski definition) is 2. The van der Waals surface area contributed by atoms with Crippen LogP contribution in [0.3, 0.4) is 0 Å². The van der Waals surface area contributed by atoms with Crippen LogP contribution in [0.15, 0.2) is 40.2 Å². The Morgan fingerprint density at radius 1 is 1.28 bits per heavy atom. The van der Waals surface area contributed by atoms with Crippen molar-refractivity contribution < 1.29 is 4.79 Å². The molecular formula is C15H13BrOS. The number of Topliss-reactive ketones (excluding diaryl/α,β-unsaturated/α-hetero) is 1. The van der Waals surface area contributed by atoms with E-state index < -0.39 is 0 Å². The summed E-state index contributed by atoms with van der Waals surface area (Å²) in [6, 6.07) is 12.4. The molecule has 3 heteroatoms. The number of carbonyl (C=O) groups is 1. The SMILES string of the molecule is O=C(Cc1ccc(Br)s1)C1CCc2ccccc21. The zero-order valence-corrected chi connectivity index (χ0v) is 12.3. The van der Waals surface area contributed by atoms with E-state index in [9.17, 15) is 4.79 Å². The second-order valence-corrected chi connectivity index (χ2v) is 7.19. The van der Waals surface area contributed by atoms with Crippen LogP contribution < -0.4 is 0 Å². The van der Waals surface area contributed by atoms with Gasteiger partial charge in [-0.1, -0.05) is 24.3 Å². The Kier molecular flexibility index (Phi) is 3.35. The van der Waals surface area contributed by atoms with Gasteiger partial charge in [0, 0.05) is 17.2 Å². The van der Waals surface area contributed by atoms with Gasteiger partial charge in [0.15, 0.2) is 0 Å². The maximum Gasteiger partial charge on any atom is 0.145 e. The molecular weight excluding hydrogens is 308 g/mol. The minimum absolute atomic E-state index is 0.113. The zero-order chi connectivity index (χ0) is 12.5. The Balaban J connectivity index is 1.78. The highest BCUT2D eigenvalue weighted by atomic mass is 79.9. The molecule has 1 aliphatic carbocycles. The van der Waals surface area contributed by atoms with Crippen LogP contribution in [0.25, 0.3) is 0 Å². The molecule has 18 heavy (non-hydrogen) atoms. The quantitative estimate of drug-likeness (QED) is 0.821. The van der Waals surface area contributed by atoms with Crippen LogP contribution >= 0.6 is 27.3 Å². The molecule has 1 heterocycles. The summed E-state index contributed by atoms with van der Waals surface area (Å²) in [6.45, 7) is 0. The zero-order valence-electron chi connectivity index (χ0n) is 9.86. The second-order valence-electron chi connectivity index (χ2n) is 4.64. The van der Waals surface area contributed by atoms with E-state index in [4.69, 9.17) is 0 Å². The Hall–Kier alpha value is -0.930. The molecule has 1 atom stereocenters. The van der Waals surface area contributed by atoms with E-state index in [-0.39, 0.29) is 5.92 Å². The fourth-order valence-electron chi connectivity index (χ4n) is 2.63. The number of aryl methyl sites for hydroxylation is 1. The van der Waals surface area contributed by atoms with Gasteiger partial charge in [-0.25, -0.2) is 0 Å². The van der Waals surface area contributed by atoms with Crippen molar-refractivity contribution in [1.82, 2.24) is 0 Å². The number of halogens is 1. The summed E-state index contributed by atoms with van der Waals surface area (Å²) in [5.41, 5.74) is 2.60. The first-order valence-corrected chi connectivity index (χ1v) is 7.70. The predicted molar refractivity (Wildman–Crippen MR) is 78.2 cm³/mol. The molecule has 1 aromatic heterocycles. The first-order chi connectivity index (χ1) is 8.74. The number of fused-ring (bicyclic) bond motifs is 1. The van der Waals surface area contributed by atoms with E-state index in [1.807, 2.05) is 18.2 Å². The van der Waals surface area contributed by atoms with E-state index in [0.29, 0.717) is 12.2 Å². The fourth-order valence-corrected chi connectivity index (χ4v) is 4.13. The summed E-state index contributed by atoms with van der Waals surface area (Å²) in [6.07, 6.45) is 2.58. The van der Waals surface area contributed by atoms with Crippen LogP contribution in [0.5, 0.6) is 0 Å². The van der Waals surface area contributed by atoms with Gasteiger partial charge >= 0.3 is 0 Å². The van der Waals surface area contributed by atoms with Gasteiger partial charge in [-0.2, -0.15) is 0 Å². The van der Waals surface area contributed by atoms with Gasteiger partial charge in [-0.05, 0) is 52.0 Å². The van der Waals surface area contributed by atoms with Crippen molar-refractivity contribution in [2.75, 3.05) is 0 Å². The summed E-state index contributed by atoms with van der Waals surface area (Å²) in [5, 5.41) is 0. The molecule has 0 amide bonds. The topological polar surface area (TPSA) is 17.1 Å². The molecule has 0 saturated heterocycles. The Bertz CT molecular complexity index is 588. The first-order valence-electron chi connectivity index (χ1n) is 6.09. The van der Waals surface area contributed by atoms with E-state index in [1.165, 1.54) is 11.1 Å². The van der Waals surface area contributed by atoms with Crippen molar-refractivity contribution >= 4 is 33.0 Å².